The van der Waals surface area contributed by atoms with Gasteiger partial charge in [-0.2, -0.15) is 0 Å². The zero-order chi connectivity index (χ0) is 43.4. The molecule has 0 aliphatic carbocycles. The van der Waals surface area contributed by atoms with E-state index < -0.39 is 142 Å². The van der Waals surface area contributed by atoms with Crippen LogP contribution in [0.3, 0.4) is 0 Å². The largest absolute Gasteiger partial charge is 0.481 e. The van der Waals surface area contributed by atoms with E-state index in [9.17, 15) is 65.8 Å². The summed E-state index contributed by atoms with van der Waals surface area (Å²) in [6.45, 7) is 3.32. The van der Waals surface area contributed by atoms with E-state index in [-0.39, 0.29) is 5.57 Å². The minimum absolute atomic E-state index is 0.0104. The summed E-state index contributed by atoms with van der Waals surface area (Å²) in [7, 11) is 0. The number of aliphatic hydroxyl groups excluding tert-OH is 10. The average Bonchev–Trinajstić information content (AvgIpc) is 3.50. The number of carboxylic acid groups (broad SMARTS) is 1. The van der Waals surface area contributed by atoms with Crippen LogP contribution < -0.4 is 0 Å². The van der Waals surface area contributed by atoms with Gasteiger partial charge in [0.1, 0.15) is 85.3 Å². The Morgan fingerprint density at radius 3 is 1.66 bits per heavy atom. The van der Waals surface area contributed by atoms with Crippen molar-refractivity contribution in [1.29, 1.82) is 0 Å². The molecule has 0 bridgehead atoms. The molecule has 18 atom stereocenters. The van der Waals surface area contributed by atoms with Gasteiger partial charge in [-0.15, -0.1) is 0 Å². The summed E-state index contributed by atoms with van der Waals surface area (Å²) in [4.78, 5) is 23.1. The molecule has 0 aromatic heterocycles. The van der Waals surface area contributed by atoms with Gasteiger partial charge >= 0.3 is 11.9 Å². The molecule has 0 radical (unpaired) electrons. The summed E-state index contributed by atoms with van der Waals surface area (Å²) in [6, 6.07) is 0. The van der Waals surface area contributed by atoms with Crippen LogP contribution in [0.2, 0.25) is 0 Å². The molecular formula is C39H66O20. The van der Waals surface area contributed by atoms with Crippen LogP contribution in [0, 0.1) is 5.92 Å². The highest BCUT2D eigenvalue weighted by atomic mass is 16.8. The third-order valence-corrected chi connectivity index (χ3v) is 11.6. The van der Waals surface area contributed by atoms with Gasteiger partial charge in [-0.3, -0.25) is 4.79 Å². The average molecular weight is 855 g/mol. The Kier molecular flexibility index (Phi) is 20.2. The molecule has 0 aromatic rings. The van der Waals surface area contributed by atoms with Gasteiger partial charge < -0.3 is 89.3 Å². The summed E-state index contributed by atoms with van der Waals surface area (Å²) in [5.41, 5.74) is 0.0104. The first-order chi connectivity index (χ1) is 28.1. The molecule has 59 heavy (non-hydrogen) atoms. The molecule has 0 amide bonds. The molecule has 0 aromatic carbocycles. The molecule has 4 fully saturated rings. The van der Waals surface area contributed by atoms with Crippen molar-refractivity contribution in [1.82, 2.24) is 0 Å². The quantitative estimate of drug-likeness (QED) is 0.0287. The Hall–Kier alpha value is -1.96. The van der Waals surface area contributed by atoms with Crippen molar-refractivity contribution in [3.63, 3.8) is 0 Å². The van der Waals surface area contributed by atoms with E-state index in [4.69, 9.17) is 33.2 Å². The first-order valence-corrected chi connectivity index (χ1v) is 20.8. The molecule has 4 heterocycles. The van der Waals surface area contributed by atoms with E-state index >= 15 is 0 Å². The second-order valence-electron chi connectivity index (χ2n) is 16.1. The van der Waals surface area contributed by atoms with E-state index in [2.05, 4.69) is 6.58 Å². The third-order valence-electron chi connectivity index (χ3n) is 11.6. The van der Waals surface area contributed by atoms with E-state index in [1.807, 2.05) is 0 Å². The fourth-order valence-electron chi connectivity index (χ4n) is 7.87. The maximum absolute atomic E-state index is 11.7. The van der Waals surface area contributed by atoms with Gasteiger partial charge in [0.25, 0.3) is 0 Å². The van der Waals surface area contributed by atoms with Crippen LogP contribution >= 0.6 is 0 Å². The molecule has 4 aliphatic rings. The molecular weight excluding hydrogens is 788 g/mol. The second-order valence-corrected chi connectivity index (χ2v) is 16.1. The van der Waals surface area contributed by atoms with Crippen molar-refractivity contribution in [3.05, 3.63) is 12.2 Å². The highest BCUT2D eigenvalue weighted by Gasteiger charge is 2.52. The molecule has 4 saturated heterocycles. The monoisotopic (exact) mass is 854 g/mol. The number of unbranched alkanes of at least 4 members (excludes halogenated alkanes) is 10. The molecule has 20 heteroatoms. The first kappa shape index (κ1) is 49.7. The summed E-state index contributed by atoms with van der Waals surface area (Å²) >= 11 is 0. The van der Waals surface area contributed by atoms with Gasteiger partial charge in [-0.1, -0.05) is 70.8 Å². The molecule has 342 valence electrons. The topological polar surface area (TPSA) is 321 Å². The number of hydrogen-bond acceptors (Lipinski definition) is 19. The van der Waals surface area contributed by atoms with Crippen molar-refractivity contribution in [2.24, 2.45) is 5.92 Å². The number of aliphatic carboxylic acids is 1. The highest BCUT2D eigenvalue weighted by molar-refractivity contribution is 5.97. The molecule has 0 unspecified atom stereocenters. The Morgan fingerprint density at radius 1 is 0.627 bits per heavy atom. The predicted octanol–water partition coefficient (Wildman–Crippen LogP) is -1.91. The van der Waals surface area contributed by atoms with E-state index in [0.717, 1.165) is 70.6 Å². The van der Waals surface area contributed by atoms with Gasteiger partial charge in [0, 0.05) is 5.57 Å². The number of ether oxygens (including phenoxy) is 7. The van der Waals surface area contributed by atoms with Gasteiger partial charge in [0.15, 0.2) is 18.9 Å². The fourth-order valence-corrected chi connectivity index (χ4v) is 7.87. The normalized spacial score (nSPS) is 39.6. The molecule has 0 spiro atoms. The predicted molar refractivity (Wildman–Crippen MR) is 200 cm³/mol. The smallest absolute Gasteiger partial charge is 0.334 e. The van der Waals surface area contributed by atoms with Gasteiger partial charge in [-0.05, 0) is 26.2 Å². The number of esters is 1. The number of carbonyl (C=O) groups excluding carboxylic acids is 1. The number of rotatable bonds is 24. The molecule has 0 saturated carbocycles. The Morgan fingerprint density at radius 2 is 1.12 bits per heavy atom. The van der Waals surface area contributed by atoms with Gasteiger partial charge in [-0.25, -0.2) is 4.79 Å². The van der Waals surface area contributed by atoms with E-state index in [1.165, 1.54) is 0 Å². The summed E-state index contributed by atoms with van der Waals surface area (Å²) < 4.78 is 39.3. The van der Waals surface area contributed by atoms with Crippen LogP contribution in [-0.4, -0.2) is 192 Å². The zero-order valence-corrected chi connectivity index (χ0v) is 33.5. The minimum atomic E-state index is -1.85. The molecule has 11 N–H and O–H groups in total. The lowest BCUT2D eigenvalue weighted by Gasteiger charge is -2.47. The summed E-state index contributed by atoms with van der Waals surface area (Å²) in [5, 5.41) is 113. The Balaban J connectivity index is 1.19. The van der Waals surface area contributed by atoms with Crippen LogP contribution in [0.25, 0.3) is 0 Å². The lowest BCUT2D eigenvalue weighted by Crippen LogP contribution is -2.65. The van der Waals surface area contributed by atoms with Crippen LogP contribution in [0.4, 0.5) is 0 Å². The Bertz CT molecular complexity index is 1290. The van der Waals surface area contributed by atoms with Crippen LogP contribution in [-0.2, 0) is 42.7 Å². The fraction of sp³-hybridized carbons (Fsp3) is 0.897. The molecule has 4 aliphatic heterocycles. The molecule has 4 rings (SSSR count). The number of carbonyl (C=O) groups is 2. The molecule has 20 nitrogen and oxygen atoms in total. The lowest BCUT2D eigenvalue weighted by atomic mass is 9.93. The van der Waals surface area contributed by atoms with Crippen molar-refractivity contribution in [2.45, 2.75) is 195 Å². The van der Waals surface area contributed by atoms with Gasteiger partial charge in [0.05, 0.1) is 25.9 Å². The number of hydrogen-bond donors (Lipinski definition) is 11. The number of aliphatic hydroxyl groups is 10. The van der Waals surface area contributed by atoms with Crippen LogP contribution in [0.5, 0.6) is 0 Å². The summed E-state index contributed by atoms with van der Waals surface area (Å²) in [5.74, 6) is -2.68. The highest BCUT2D eigenvalue weighted by Crippen LogP contribution is 2.33. The van der Waals surface area contributed by atoms with Crippen molar-refractivity contribution in [3.8, 4) is 0 Å². The second kappa shape index (κ2) is 24.0. The third kappa shape index (κ3) is 13.3. The van der Waals surface area contributed by atoms with Crippen molar-refractivity contribution < 1.29 is 98.9 Å². The van der Waals surface area contributed by atoms with Crippen LogP contribution in [0.1, 0.15) is 90.4 Å². The van der Waals surface area contributed by atoms with E-state index in [0.29, 0.717) is 12.8 Å². The van der Waals surface area contributed by atoms with E-state index in [1.54, 1.807) is 6.92 Å². The Labute approximate surface area is 343 Å². The van der Waals surface area contributed by atoms with Crippen molar-refractivity contribution >= 4 is 11.9 Å². The minimum Gasteiger partial charge on any atom is -0.481 e. The first-order valence-electron chi connectivity index (χ1n) is 20.8. The standard InChI is InChI=1S/C39H66O20/c1-19(14-12-10-8-6-4-3-5-7-9-11-13-15-21-25(35(50)51)20(2)36(52)55-21)54-39-33(49)34(59-38-32(48)30(46)27(43)23(17-41)57-38)28(44)24(58-39)18-53-37-31(47)29(45)26(42)22(16-40)56-37/h19,21-34,37-49H,2-18H2,1H3,(H,50,51)/t19-,21-,22-,23-,24-,25+,26-,27-,28-,29+,30+,31-,32-,33-,34+,37-,38+,39-/m1/s1. The number of cyclic esters (lactones) is 1. The lowest BCUT2D eigenvalue weighted by molar-refractivity contribution is -0.369. The maximum atomic E-state index is 11.7. The maximum Gasteiger partial charge on any atom is 0.334 e. The SMILES string of the molecule is C=C1C(=O)O[C@H](CCCCCCCCCCCCC[C@@H](C)O[C@@H]2O[C@H](CO[C@@H]3O[C@H](CO)[C@@H](O)[C@H](O)[C@H]3O)[C@@H](O)[C@H](O[C@@H]3O[C@H](CO)[C@@H](O)[C@H](O)[C@H]3O)[C@H]2O)[C@H]1C(=O)O. The van der Waals surface area contributed by atoms with Crippen molar-refractivity contribution in [2.75, 3.05) is 19.8 Å². The zero-order valence-electron chi connectivity index (χ0n) is 33.5. The summed E-state index contributed by atoms with van der Waals surface area (Å²) in [6.07, 6.45) is -13.4. The van der Waals surface area contributed by atoms with Crippen LogP contribution in [0.15, 0.2) is 12.2 Å². The number of carboxylic acids is 1. The van der Waals surface area contributed by atoms with Gasteiger partial charge in [0.2, 0.25) is 0 Å².